The van der Waals surface area contributed by atoms with Gasteiger partial charge in [-0.15, -0.1) is 23.1 Å². The van der Waals surface area contributed by atoms with Crippen LogP contribution in [-0.2, 0) is 27.2 Å². The van der Waals surface area contributed by atoms with Gasteiger partial charge in [0.2, 0.25) is 5.91 Å². The molecule has 1 heterocycles. The molecule has 0 spiro atoms. The van der Waals surface area contributed by atoms with Crippen LogP contribution in [0.2, 0.25) is 5.02 Å². The number of benzene rings is 3. The predicted octanol–water partition coefficient (Wildman–Crippen LogP) is 8.38. The molecular weight excluding hydrogens is 666 g/mol. The standard InChI is InChI=1S/C37H36ClN3O5S2/c1-3-30(35(44)41-36-32(37(45)46-2)28-15-8-5-9-16-31(28)48-36)47-27-14-10-13-26(22-27)39-34(43)29(21-23-17-19-25(38)20-18-23)40-33(42)24-11-6-4-7-12-24/h4,6-7,10-14,17-22,30H,3,5,8-9,15-16H2,1-2H3,(H,39,43)(H,40,42)(H,41,44)/b29-21+. The number of carbonyl (C=O) groups is 4. The van der Waals surface area contributed by atoms with E-state index in [2.05, 4.69) is 16.0 Å². The van der Waals surface area contributed by atoms with Gasteiger partial charge in [-0.1, -0.05) is 61.3 Å². The van der Waals surface area contributed by atoms with Gasteiger partial charge in [0.15, 0.2) is 0 Å². The summed E-state index contributed by atoms with van der Waals surface area (Å²) < 4.78 is 5.09. The zero-order chi connectivity index (χ0) is 34.0. The molecule has 0 saturated carbocycles. The van der Waals surface area contributed by atoms with Gasteiger partial charge >= 0.3 is 5.97 Å². The van der Waals surface area contributed by atoms with Crippen molar-refractivity contribution in [3.05, 3.63) is 117 Å². The van der Waals surface area contributed by atoms with Crippen molar-refractivity contribution in [1.82, 2.24) is 5.32 Å². The first-order chi connectivity index (χ1) is 23.2. The summed E-state index contributed by atoms with van der Waals surface area (Å²) in [5.41, 5.74) is 3.09. The van der Waals surface area contributed by atoms with Crippen molar-refractivity contribution in [1.29, 1.82) is 0 Å². The summed E-state index contributed by atoms with van der Waals surface area (Å²) in [7, 11) is 1.36. The van der Waals surface area contributed by atoms with Gasteiger partial charge in [-0.05, 0) is 91.8 Å². The molecule has 0 fully saturated rings. The largest absolute Gasteiger partial charge is 0.465 e. The molecule has 248 valence electrons. The topological polar surface area (TPSA) is 114 Å². The Morgan fingerprint density at radius 2 is 1.69 bits per heavy atom. The molecule has 4 aromatic rings. The average Bonchev–Trinajstić information content (AvgIpc) is 3.27. The smallest absolute Gasteiger partial charge is 0.341 e. The van der Waals surface area contributed by atoms with Crippen LogP contribution in [0.3, 0.4) is 0 Å². The number of thioether (sulfide) groups is 1. The third-order valence-corrected chi connectivity index (χ3v) is 10.6. The number of amides is 3. The lowest BCUT2D eigenvalue weighted by Crippen LogP contribution is -2.30. The lowest BCUT2D eigenvalue weighted by molar-refractivity contribution is -0.116. The zero-order valence-electron chi connectivity index (χ0n) is 26.6. The number of ether oxygens (including phenoxy) is 1. The number of esters is 1. The van der Waals surface area contributed by atoms with Crippen LogP contribution in [0.15, 0.2) is 89.5 Å². The Labute approximate surface area is 293 Å². The molecule has 3 amide bonds. The van der Waals surface area contributed by atoms with E-state index in [1.165, 1.54) is 30.2 Å². The third kappa shape index (κ3) is 8.94. The third-order valence-electron chi connectivity index (χ3n) is 7.79. The quantitative estimate of drug-likeness (QED) is 0.0627. The number of halogens is 1. The van der Waals surface area contributed by atoms with Crippen molar-refractivity contribution in [2.75, 3.05) is 17.7 Å². The van der Waals surface area contributed by atoms with E-state index in [0.717, 1.165) is 47.4 Å². The number of nitrogens with one attached hydrogen (secondary N) is 3. The first-order valence-electron chi connectivity index (χ1n) is 15.7. The van der Waals surface area contributed by atoms with Crippen LogP contribution < -0.4 is 16.0 Å². The second-order valence-corrected chi connectivity index (χ2v) is 14.0. The van der Waals surface area contributed by atoms with E-state index in [0.29, 0.717) is 38.8 Å². The number of carbonyl (C=O) groups excluding carboxylic acids is 4. The van der Waals surface area contributed by atoms with Crippen LogP contribution in [0.5, 0.6) is 0 Å². The zero-order valence-corrected chi connectivity index (χ0v) is 29.0. The molecule has 1 unspecified atom stereocenters. The molecule has 0 saturated heterocycles. The lowest BCUT2D eigenvalue weighted by Gasteiger charge is -2.16. The van der Waals surface area contributed by atoms with E-state index >= 15 is 0 Å². The second kappa shape index (κ2) is 16.6. The second-order valence-electron chi connectivity index (χ2n) is 11.2. The van der Waals surface area contributed by atoms with Crippen LogP contribution >= 0.6 is 34.7 Å². The van der Waals surface area contributed by atoms with Gasteiger partial charge < -0.3 is 20.7 Å². The highest BCUT2D eigenvalue weighted by molar-refractivity contribution is 8.00. The SMILES string of the molecule is CCC(Sc1cccc(NC(=O)/C(=C\c2ccc(Cl)cc2)NC(=O)c2ccccc2)c1)C(=O)Nc1sc2c(c1C(=O)OC)CCCCC2. The summed E-state index contributed by atoms with van der Waals surface area (Å²) in [4.78, 5) is 54.8. The maximum absolute atomic E-state index is 13.6. The molecule has 8 nitrogen and oxygen atoms in total. The summed E-state index contributed by atoms with van der Waals surface area (Å²) in [6, 6.07) is 22.7. The van der Waals surface area contributed by atoms with Gasteiger partial charge in [0, 0.05) is 26.0 Å². The molecule has 0 radical (unpaired) electrons. The first kappa shape index (κ1) is 34.9. The van der Waals surface area contributed by atoms with Crippen LogP contribution in [0, 0.1) is 0 Å². The maximum atomic E-state index is 13.6. The van der Waals surface area contributed by atoms with Crippen LogP contribution in [0.25, 0.3) is 6.08 Å². The van der Waals surface area contributed by atoms with Crippen LogP contribution in [0.1, 0.15) is 69.3 Å². The molecule has 3 aromatic carbocycles. The van der Waals surface area contributed by atoms with Crippen molar-refractivity contribution in [3.63, 3.8) is 0 Å². The number of anilines is 2. The van der Waals surface area contributed by atoms with Crippen molar-refractivity contribution in [3.8, 4) is 0 Å². The Morgan fingerprint density at radius 3 is 2.42 bits per heavy atom. The van der Waals surface area contributed by atoms with Gasteiger partial charge in [0.1, 0.15) is 10.7 Å². The Hall–Kier alpha value is -4.38. The number of methoxy groups -OCH3 is 1. The molecule has 1 aliphatic carbocycles. The summed E-state index contributed by atoms with van der Waals surface area (Å²) in [5.74, 6) is -1.59. The molecular formula is C37H36ClN3O5S2. The highest BCUT2D eigenvalue weighted by atomic mass is 35.5. The molecule has 3 N–H and O–H groups in total. The molecule has 1 aromatic heterocycles. The molecule has 0 aliphatic heterocycles. The molecule has 0 bridgehead atoms. The van der Waals surface area contributed by atoms with Crippen molar-refractivity contribution >= 4 is 75.2 Å². The fourth-order valence-corrected chi connectivity index (χ4v) is 7.76. The minimum absolute atomic E-state index is 0.0470. The Kier molecular flexibility index (Phi) is 12.1. The number of aryl methyl sites for hydroxylation is 1. The van der Waals surface area contributed by atoms with Crippen molar-refractivity contribution in [2.24, 2.45) is 0 Å². The number of thiophene rings is 1. The number of fused-ring (bicyclic) bond motifs is 1. The van der Waals surface area contributed by atoms with Crippen LogP contribution in [0.4, 0.5) is 10.7 Å². The van der Waals surface area contributed by atoms with E-state index in [4.69, 9.17) is 16.3 Å². The predicted molar refractivity (Wildman–Crippen MR) is 194 cm³/mol. The van der Waals surface area contributed by atoms with Gasteiger partial charge in [0.25, 0.3) is 11.8 Å². The highest BCUT2D eigenvalue weighted by Gasteiger charge is 2.28. The first-order valence-corrected chi connectivity index (χ1v) is 17.8. The van der Waals surface area contributed by atoms with Crippen LogP contribution in [-0.4, -0.2) is 36.1 Å². The Balaban J connectivity index is 1.31. The number of hydrogen-bond donors (Lipinski definition) is 3. The minimum Gasteiger partial charge on any atom is -0.465 e. The van der Waals surface area contributed by atoms with Crippen molar-refractivity contribution in [2.45, 2.75) is 55.6 Å². The van der Waals surface area contributed by atoms with Gasteiger partial charge in [0.05, 0.1) is 17.9 Å². The van der Waals surface area contributed by atoms with E-state index < -0.39 is 23.0 Å². The normalized spacial score (nSPS) is 13.4. The Morgan fingerprint density at radius 1 is 0.938 bits per heavy atom. The fourth-order valence-electron chi connectivity index (χ4n) is 5.34. The highest BCUT2D eigenvalue weighted by Crippen LogP contribution is 2.39. The van der Waals surface area contributed by atoms with E-state index in [-0.39, 0.29) is 11.6 Å². The average molecular weight is 702 g/mol. The fraction of sp³-hybridized carbons (Fsp3) is 0.243. The van der Waals surface area contributed by atoms with Crippen molar-refractivity contribution < 1.29 is 23.9 Å². The number of hydrogen-bond acceptors (Lipinski definition) is 7. The Bertz CT molecular complexity index is 1820. The summed E-state index contributed by atoms with van der Waals surface area (Å²) in [6.45, 7) is 1.93. The van der Waals surface area contributed by atoms with E-state index in [1.54, 1.807) is 78.9 Å². The molecule has 48 heavy (non-hydrogen) atoms. The van der Waals surface area contributed by atoms with E-state index in [9.17, 15) is 19.2 Å². The van der Waals surface area contributed by atoms with Gasteiger partial charge in [-0.2, -0.15) is 0 Å². The van der Waals surface area contributed by atoms with Gasteiger partial charge in [-0.25, -0.2) is 4.79 Å². The summed E-state index contributed by atoms with van der Waals surface area (Å²) in [5, 5.41) is 9.27. The molecule has 5 rings (SSSR count). The minimum atomic E-state index is -0.519. The van der Waals surface area contributed by atoms with Gasteiger partial charge in [-0.3, -0.25) is 14.4 Å². The lowest BCUT2D eigenvalue weighted by atomic mass is 10.1. The molecule has 1 aliphatic rings. The molecule has 11 heteroatoms. The summed E-state index contributed by atoms with van der Waals surface area (Å²) in [6.07, 6.45) is 6.96. The summed E-state index contributed by atoms with van der Waals surface area (Å²) >= 11 is 8.87. The monoisotopic (exact) mass is 701 g/mol. The maximum Gasteiger partial charge on any atom is 0.341 e. The molecule has 1 atom stereocenters. The van der Waals surface area contributed by atoms with E-state index in [1.807, 2.05) is 13.0 Å². The number of rotatable bonds is 11.